The van der Waals surface area contributed by atoms with Crippen molar-refractivity contribution in [1.29, 1.82) is 0 Å². The Balaban J connectivity index is 2.29. The van der Waals surface area contributed by atoms with E-state index < -0.39 is 0 Å². The van der Waals surface area contributed by atoms with Gasteiger partial charge in [0.25, 0.3) is 5.91 Å². The van der Waals surface area contributed by atoms with Gasteiger partial charge in [-0.05, 0) is 44.4 Å². The van der Waals surface area contributed by atoms with Crippen molar-refractivity contribution in [3.05, 3.63) is 28.8 Å². The number of hydrogen-bond acceptors (Lipinski definition) is 2. The topological polar surface area (TPSA) is 29.5 Å². The average Bonchev–Trinajstić information content (AvgIpc) is 2.38. The summed E-state index contributed by atoms with van der Waals surface area (Å²) < 4.78 is 5.24. The standard InChI is InChI=1S/C14H18ClNO2/c1-10-5-3-4-8-16(10)14(17)12-9-11(15)6-7-13(12)18-2/h6-7,9-10H,3-5,8H2,1-2H3. The number of benzene rings is 1. The molecule has 1 heterocycles. The average molecular weight is 268 g/mol. The number of ether oxygens (including phenoxy) is 1. The third-order valence-corrected chi connectivity index (χ3v) is 3.69. The maximum Gasteiger partial charge on any atom is 0.257 e. The SMILES string of the molecule is COc1ccc(Cl)cc1C(=O)N1CCCCC1C. The Morgan fingerprint density at radius 2 is 2.22 bits per heavy atom. The zero-order valence-electron chi connectivity index (χ0n) is 10.8. The molecule has 1 saturated heterocycles. The first-order valence-corrected chi connectivity index (χ1v) is 6.66. The van der Waals surface area contributed by atoms with E-state index in [-0.39, 0.29) is 11.9 Å². The normalized spacial score (nSPS) is 19.7. The van der Waals surface area contributed by atoms with Gasteiger partial charge in [0.2, 0.25) is 0 Å². The number of carbonyl (C=O) groups excluding carboxylic acids is 1. The van der Waals surface area contributed by atoms with Gasteiger partial charge >= 0.3 is 0 Å². The molecule has 0 N–H and O–H groups in total. The van der Waals surface area contributed by atoms with Crippen molar-refractivity contribution in [3.63, 3.8) is 0 Å². The number of hydrogen-bond donors (Lipinski definition) is 0. The van der Waals surface area contributed by atoms with Crippen LogP contribution in [0.4, 0.5) is 0 Å². The lowest BCUT2D eigenvalue weighted by atomic mass is 10.0. The summed E-state index contributed by atoms with van der Waals surface area (Å²) in [5.74, 6) is 0.601. The molecule has 0 radical (unpaired) electrons. The third kappa shape index (κ3) is 2.61. The maximum absolute atomic E-state index is 12.5. The lowest BCUT2D eigenvalue weighted by molar-refractivity contribution is 0.0632. The molecule has 1 amide bonds. The zero-order chi connectivity index (χ0) is 13.1. The fourth-order valence-electron chi connectivity index (χ4n) is 2.40. The van der Waals surface area contributed by atoms with E-state index in [0.29, 0.717) is 16.3 Å². The van der Waals surface area contributed by atoms with Crippen molar-refractivity contribution in [1.82, 2.24) is 4.90 Å². The summed E-state index contributed by atoms with van der Waals surface area (Å²) >= 11 is 5.97. The molecule has 0 aromatic heterocycles. The number of halogens is 1. The Kier molecular flexibility index (Phi) is 4.12. The summed E-state index contributed by atoms with van der Waals surface area (Å²) in [5.41, 5.74) is 0.554. The fraction of sp³-hybridized carbons (Fsp3) is 0.500. The molecule has 4 heteroatoms. The molecule has 1 atom stereocenters. The first-order chi connectivity index (χ1) is 8.63. The minimum Gasteiger partial charge on any atom is -0.496 e. The quantitative estimate of drug-likeness (QED) is 0.822. The van der Waals surface area contributed by atoms with Gasteiger partial charge in [-0.2, -0.15) is 0 Å². The Bertz CT molecular complexity index is 447. The van der Waals surface area contributed by atoms with Gasteiger partial charge in [-0.15, -0.1) is 0 Å². The highest BCUT2D eigenvalue weighted by Gasteiger charge is 2.26. The second-order valence-corrected chi connectivity index (χ2v) is 5.12. The van der Waals surface area contributed by atoms with Crippen molar-refractivity contribution < 1.29 is 9.53 Å². The summed E-state index contributed by atoms with van der Waals surface area (Å²) in [7, 11) is 1.57. The van der Waals surface area contributed by atoms with E-state index in [4.69, 9.17) is 16.3 Å². The van der Waals surface area contributed by atoms with Crippen LogP contribution >= 0.6 is 11.6 Å². The molecule has 1 aromatic carbocycles. The molecule has 0 spiro atoms. The molecule has 1 aromatic rings. The summed E-state index contributed by atoms with van der Waals surface area (Å²) in [6.07, 6.45) is 3.32. The number of rotatable bonds is 2. The second-order valence-electron chi connectivity index (χ2n) is 4.69. The molecule has 1 fully saturated rings. The molecule has 1 unspecified atom stereocenters. The van der Waals surface area contributed by atoms with E-state index in [1.165, 1.54) is 6.42 Å². The summed E-state index contributed by atoms with van der Waals surface area (Å²) in [6.45, 7) is 2.91. The van der Waals surface area contributed by atoms with E-state index >= 15 is 0 Å². The Morgan fingerprint density at radius 3 is 2.89 bits per heavy atom. The number of piperidine rings is 1. The minimum absolute atomic E-state index is 0.0153. The van der Waals surface area contributed by atoms with E-state index in [1.807, 2.05) is 4.90 Å². The Hall–Kier alpha value is -1.22. The molecule has 1 aliphatic rings. The predicted octanol–water partition coefficient (Wildman–Crippen LogP) is 3.36. The van der Waals surface area contributed by atoms with Gasteiger partial charge in [0.1, 0.15) is 5.75 Å². The van der Waals surface area contributed by atoms with Crippen molar-refractivity contribution >= 4 is 17.5 Å². The maximum atomic E-state index is 12.5. The van der Waals surface area contributed by atoms with Crippen LogP contribution in [0.25, 0.3) is 0 Å². The lowest BCUT2D eigenvalue weighted by Crippen LogP contribution is -2.42. The van der Waals surface area contributed by atoms with E-state index in [2.05, 4.69) is 6.92 Å². The van der Waals surface area contributed by atoms with Gasteiger partial charge in [-0.3, -0.25) is 4.79 Å². The Labute approximate surface area is 113 Å². The molecule has 18 heavy (non-hydrogen) atoms. The summed E-state index contributed by atoms with van der Waals surface area (Å²) in [4.78, 5) is 14.4. The first kappa shape index (κ1) is 13.2. The molecular formula is C14H18ClNO2. The molecule has 0 bridgehead atoms. The fourth-order valence-corrected chi connectivity index (χ4v) is 2.57. The molecule has 2 rings (SSSR count). The summed E-state index contributed by atoms with van der Waals surface area (Å²) in [6, 6.07) is 5.44. The van der Waals surface area contributed by atoms with Crippen LogP contribution in [0.15, 0.2) is 18.2 Å². The van der Waals surface area contributed by atoms with Crippen LogP contribution in [0.5, 0.6) is 5.75 Å². The molecule has 0 aliphatic carbocycles. The van der Waals surface area contributed by atoms with Crippen LogP contribution < -0.4 is 4.74 Å². The first-order valence-electron chi connectivity index (χ1n) is 6.28. The molecule has 3 nitrogen and oxygen atoms in total. The molecule has 1 aliphatic heterocycles. The minimum atomic E-state index is 0.0153. The predicted molar refractivity (Wildman–Crippen MR) is 72.4 cm³/mol. The van der Waals surface area contributed by atoms with Crippen LogP contribution in [-0.2, 0) is 0 Å². The lowest BCUT2D eigenvalue weighted by Gasteiger charge is -2.33. The highest BCUT2D eigenvalue weighted by Crippen LogP contribution is 2.26. The Morgan fingerprint density at radius 1 is 1.44 bits per heavy atom. The number of likely N-dealkylation sites (tertiary alicyclic amines) is 1. The van der Waals surface area contributed by atoms with Crippen LogP contribution in [-0.4, -0.2) is 30.5 Å². The van der Waals surface area contributed by atoms with Gasteiger partial charge in [0.05, 0.1) is 12.7 Å². The number of amides is 1. The van der Waals surface area contributed by atoms with E-state index in [1.54, 1.807) is 25.3 Å². The second kappa shape index (κ2) is 5.61. The van der Waals surface area contributed by atoms with Crippen molar-refractivity contribution in [2.75, 3.05) is 13.7 Å². The monoisotopic (exact) mass is 267 g/mol. The van der Waals surface area contributed by atoms with Gasteiger partial charge in [0, 0.05) is 17.6 Å². The highest BCUT2D eigenvalue weighted by molar-refractivity contribution is 6.31. The zero-order valence-corrected chi connectivity index (χ0v) is 11.5. The highest BCUT2D eigenvalue weighted by atomic mass is 35.5. The third-order valence-electron chi connectivity index (χ3n) is 3.46. The van der Waals surface area contributed by atoms with Gasteiger partial charge < -0.3 is 9.64 Å². The van der Waals surface area contributed by atoms with Crippen LogP contribution in [0.2, 0.25) is 5.02 Å². The van der Waals surface area contributed by atoms with E-state index in [9.17, 15) is 4.79 Å². The van der Waals surface area contributed by atoms with Crippen LogP contribution in [0.1, 0.15) is 36.5 Å². The van der Waals surface area contributed by atoms with E-state index in [0.717, 1.165) is 19.4 Å². The summed E-state index contributed by atoms with van der Waals surface area (Å²) in [5, 5.41) is 0.559. The van der Waals surface area contributed by atoms with Crippen molar-refractivity contribution in [2.24, 2.45) is 0 Å². The van der Waals surface area contributed by atoms with Gasteiger partial charge in [-0.25, -0.2) is 0 Å². The number of carbonyl (C=O) groups is 1. The smallest absolute Gasteiger partial charge is 0.257 e. The van der Waals surface area contributed by atoms with Gasteiger partial charge in [-0.1, -0.05) is 11.6 Å². The number of methoxy groups -OCH3 is 1. The van der Waals surface area contributed by atoms with Crippen LogP contribution in [0.3, 0.4) is 0 Å². The largest absolute Gasteiger partial charge is 0.496 e. The molecule has 98 valence electrons. The van der Waals surface area contributed by atoms with Crippen LogP contribution in [0, 0.1) is 0 Å². The molecular weight excluding hydrogens is 250 g/mol. The van der Waals surface area contributed by atoms with Crippen molar-refractivity contribution in [2.45, 2.75) is 32.2 Å². The van der Waals surface area contributed by atoms with Crippen molar-refractivity contribution in [3.8, 4) is 5.75 Å². The van der Waals surface area contributed by atoms with Gasteiger partial charge in [0.15, 0.2) is 0 Å². The number of nitrogens with zero attached hydrogens (tertiary/aromatic N) is 1. The molecule has 0 saturated carbocycles.